The van der Waals surface area contributed by atoms with E-state index in [0.717, 1.165) is 22.7 Å². The number of benzene rings is 1. The minimum atomic E-state index is -0.388. The zero-order valence-corrected chi connectivity index (χ0v) is 14.0. The molecule has 0 aliphatic rings. The van der Waals surface area contributed by atoms with E-state index in [1.165, 1.54) is 24.3 Å². The zero-order valence-electron chi connectivity index (χ0n) is 14.0. The van der Waals surface area contributed by atoms with Gasteiger partial charge in [-0.3, -0.25) is 4.79 Å². The molecule has 0 fully saturated rings. The van der Waals surface area contributed by atoms with Crippen LogP contribution in [0.2, 0.25) is 0 Å². The summed E-state index contributed by atoms with van der Waals surface area (Å²) in [6, 6.07) is 11.1. The average Bonchev–Trinajstić information content (AvgIpc) is 3.20. The van der Waals surface area contributed by atoms with Crippen LogP contribution in [-0.4, -0.2) is 16.7 Å². The number of hydrogen-bond acceptors (Lipinski definition) is 3. The molecule has 0 atom stereocenters. The summed E-state index contributed by atoms with van der Waals surface area (Å²) in [7, 11) is 0. The van der Waals surface area contributed by atoms with Gasteiger partial charge >= 0.3 is 0 Å². The summed E-state index contributed by atoms with van der Waals surface area (Å²) in [4.78, 5) is 11.9. The van der Waals surface area contributed by atoms with Crippen LogP contribution in [0.1, 0.15) is 33.1 Å². The summed E-state index contributed by atoms with van der Waals surface area (Å²) in [5, 5.41) is 4.00. The van der Waals surface area contributed by atoms with Crippen molar-refractivity contribution in [1.29, 1.82) is 0 Å². The zero-order chi connectivity index (χ0) is 17.8. The third-order valence-corrected chi connectivity index (χ3v) is 3.98. The number of carbonyl (C=O) groups excluding carboxylic acids is 1. The summed E-state index contributed by atoms with van der Waals surface area (Å²) in [6.07, 6.45) is 3.25. The molecule has 0 aliphatic carbocycles. The Kier molecular flexibility index (Phi) is 4.79. The third kappa shape index (κ3) is 3.85. The molecular formula is C19H18FN3O2. The molecule has 0 unspecified atom stereocenters. The summed E-state index contributed by atoms with van der Waals surface area (Å²) in [6.45, 7) is 4.63. The molecule has 3 aromatic rings. The van der Waals surface area contributed by atoms with Gasteiger partial charge in [0, 0.05) is 22.5 Å². The van der Waals surface area contributed by atoms with Crippen molar-refractivity contribution in [3.8, 4) is 0 Å². The molecule has 1 amide bonds. The van der Waals surface area contributed by atoms with Crippen molar-refractivity contribution in [2.24, 2.45) is 5.10 Å². The van der Waals surface area contributed by atoms with Crippen molar-refractivity contribution < 1.29 is 13.6 Å². The van der Waals surface area contributed by atoms with E-state index in [0.29, 0.717) is 12.1 Å². The number of rotatable bonds is 5. The van der Waals surface area contributed by atoms with Crippen molar-refractivity contribution >= 4 is 12.1 Å². The van der Waals surface area contributed by atoms with Crippen molar-refractivity contribution in [3.05, 3.63) is 82.8 Å². The van der Waals surface area contributed by atoms with Crippen LogP contribution in [0, 0.1) is 19.7 Å². The smallest absolute Gasteiger partial charge is 0.271 e. The molecule has 3 rings (SSSR count). The van der Waals surface area contributed by atoms with Gasteiger partial charge in [0.15, 0.2) is 0 Å². The summed E-state index contributed by atoms with van der Waals surface area (Å²) in [5.74, 6) is 0.0968. The Morgan fingerprint density at radius 1 is 1.28 bits per heavy atom. The van der Waals surface area contributed by atoms with E-state index in [9.17, 15) is 9.18 Å². The van der Waals surface area contributed by atoms with Gasteiger partial charge in [0.2, 0.25) is 0 Å². The molecule has 0 bridgehead atoms. The molecule has 5 nitrogen and oxygen atoms in total. The summed E-state index contributed by atoms with van der Waals surface area (Å²) in [5.41, 5.74) is 5.80. The van der Waals surface area contributed by atoms with Gasteiger partial charge in [0.05, 0.1) is 19.0 Å². The molecule has 0 saturated heterocycles. The van der Waals surface area contributed by atoms with Gasteiger partial charge in [-0.25, -0.2) is 9.82 Å². The number of halogens is 1. The highest BCUT2D eigenvalue weighted by atomic mass is 19.1. The van der Waals surface area contributed by atoms with E-state index < -0.39 is 0 Å². The maximum Gasteiger partial charge on any atom is 0.271 e. The van der Waals surface area contributed by atoms with Crippen LogP contribution in [-0.2, 0) is 6.54 Å². The van der Waals surface area contributed by atoms with Gasteiger partial charge in [-0.15, -0.1) is 0 Å². The molecule has 0 saturated carbocycles. The molecule has 1 aromatic carbocycles. The number of nitrogens with zero attached hydrogens (tertiary/aromatic N) is 2. The van der Waals surface area contributed by atoms with Crippen LogP contribution in [0.3, 0.4) is 0 Å². The maximum absolute atomic E-state index is 12.9. The number of aryl methyl sites for hydroxylation is 1. The van der Waals surface area contributed by atoms with Crippen LogP contribution in [0.5, 0.6) is 0 Å². The molecule has 25 heavy (non-hydrogen) atoms. The summed E-state index contributed by atoms with van der Waals surface area (Å²) < 4.78 is 20.4. The predicted octanol–water partition coefficient (Wildman–Crippen LogP) is 3.65. The fourth-order valence-corrected chi connectivity index (χ4v) is 2.59. The first kappa shape index (κ1) is 16.7. The quantitative estimate of drug-likeness (QED) is 0.570. The SMILES string of the molecule is Cc1cc(/C=N\NC(=O)c2ccc(F)cc2)c(C)n1Cc1ccco1. The van der Waals surface area contributed by atoms with Crippen LogP contribution in [0.15, 0.2) is 58.2 Å². The fraction of sp³-hybridized carbons (Fsp3) is 0.158. The fourth-order valence-electron chi connectivity index (χ4n) is 2.59. The standard InChI is InChI=1S/C19H18FN3O2/c1-13-10-16(14(2)23(13)12-18-4-3-9-25-18)11-21-22-19(24)15-5-7-17(20)8-6-15/h3-11H,12H2,1-2H3,(H,22,24)/b21-11-. The molecule has 2 heterocycles. The summed E-state index contributed by atoms with van der Waals surface area (Å²) >= 11 is 0. The lowest BCUT2D eigenvalue weighted by Gasteiger charge is -2.07. The monoisotopic (exact) mass is 339 g/mol. The molecule has 0 aliphatic heterocycles. The lowest BCUT2D eigenvalue weighted by Crippen LogP contribution is -2.17. The number of nitrogens with one attached hydrogen (secondary N) is 1. The number of hydrogen-bond donors (Lipinski definition) is 1. The number of furan rings is 1. The molecule has 128 valence electrons. The van der Waals surface area contributed by atoms with Crippen LogP contribution < -0.4 is 5.43 Å². The minimum absolute atomic E-state index is 0.349. The van der Waals surface area contributed by atoms with Crippen molar-refractivity contribution in [3.63, 3.8) is 0 Å². The first-order valence-corrected chi connectivity index (χ1v) is 7.82. The Bertz CT molecular complexity index is 894. The number of hydrazone groups is 1. The van der Waals surface area contributed by atoms with E-state index >= 15 is 0 Å². The van der Waals surface area contributed by atoms with Crippen molar-refractivity contribution in [2.75, 3.05) is 0 Å². The van der Waals surface area contributed by atoms with Gasteiger partial charge in [-0.1, -0.05) is 0 Å². The second-order valence-electron chi connectivity index (χ2n) is 5.70. The van der Waals surface area contributed by atoms with Gasteiger partial charge in [0.25, 0.3) is 5.91 Å². The average molecular weight is 339 g/mol. The molecule has 2 aromatic heterocycles. The second kappa shape index (κ2) is 7.17. The third-order valence-electron chi connectivity index (χ3n) is 3.98. The number of carbonyl (C=O) groups is 1. The highest BCUT2D eigenvalue weighted by molar-refractivity contribution is 5.94. The first-order chi connectivity index (χ1) is 12.0. The maximum atomic E-state index is 12.9. The lowest BCUT2D eigenvalue weighted by molar-refractivity contribution is 0.0955. The Labute approximate surface area is 144 Å². The normalized spacial score (nSPS) is 11.2. The molecule has 6 heteroatoms. The lowest BCUT2D eigenvalue weighted by atomic mass is 10.2. The van der Waals surface area contributed by atoms with Gasteiger partial charge < -0.3 is 8.98 Å². The number of aromatic nitrogens is 1. The second-order valence-corrected chi connectivity index (χ2v) is 5.70. The van der Waals surface area contributed by atoms with E-state index in [-0.39, 0.29) is 11.7 Å². The highest BCUT2D eigenvalue weighted by Crippen LogP contribution is 2.16. The predicted molar refractivity (Wildman–Crippen MR) is 93.2 cm³/mol. The largest absolute Gasteiger partial charge is 0.467 e. The molecule has 0 spiro atoms. The van der Waals surface area contributed by atoms with E-state index in [4.69, 9.17) is 4.42 Å². The molecular weight excluding hydrogens is 321 g/mol. The Hall–Kier alpha value is -3.15. The van der Waals surface area contributed by atoms with E-state index in [1.54, 1.807) is 12.5 Å². The van der Waals surface area contributed by atoms with Crippen LogP contribution in [0.25, 0.3) is 0 Å². The van der Waals surface area contributed by atoms with Crippen molar-refractivity contribution in [2.45, 2.75) is 20.4 Å². The Balaban J connectivity index is 1.69. The topological polar surface area (TPSA) is 59.5 Å². The Morgan fingerprint density at radius 2 is 2.04 bits per heavy atom. The minimum Gasteiger partial charge on any atom is -0.467 e. The first-order valence-electron chi connectivity index (χ1n) is 7.82. The van der Waals surface area contributed by atoms with Gasteiger partial charge in [0.1, 0.15) is 11.6 Å². The van der Waals surface area contributed by atoms with Gasteiger partial charge in [-0.2, -0.15) is 5.10 Å². The van der Waals surface area contributed by atoms with Crippen LogP contribution >= 0.6 is 0 Å². The van der Waals surface area contributed by atoms with Crippen LogP contribution in [0.4, 0.5) is 4.39 Å². The Morgan fingerprint density at radius 3 is 2.72 bits per heavy atom. The van der Waals surface area contributed by atoms with E-state index in [2.05, 4.69) is 15.1 Å². The molecule has 0 radical (unpaired) electrons. The van der Waals surface area contributed by atoms with Crippen molar-refractivity contribution in [1.82, 2.24) is 9.99 Å². The van der Waals surface area contributed by atoms with Gasteiger partial charge in [-0.05, 0) is 56.3 Å². The number of amides is 1. The molecule has 1 N–H and O–H groups in total. The highest BCUT2D eigenvalue weighted by Gasteiger charge is 2.09. The van der Waals surface area contributed by atoms with E-state index in [1.807, 2.05) is 32.0 Å².